The van der Waals surface area contributed by atoms with Gasteiger partial charge in [0, 0.05) is 11.8 Å². The summed E-state index contributed by atoms with van der Waals surface area (Å²) in [5.41, 5.74) is -0.246. The topological polar surface area (TPSA) is 114 Å². The molecule has 114 valence electrons. The average molecular weight is 296 g/mol. The fourth-order valence-corrected chi connectivity index (χ4v) is 2.81. The molecule has 2 fully saturated rings. The number of aliphatic hydroxyl groups excluding tert-OH is 2. The third kappa shape index (κ3) is 1.91. The van der Waals surface area contributed by atoms with E-state index in [0.29, 0.717) is 11.1 Å². The van der Waals surface area contributed by atoms with Crippen LogP contribution in [0.3, 0.4) is 0 Å². The molecular weight excluding hydrogens is 280 g/mol. The van der Waals surface area contributed by atoms with Gasteiger partial charge in [-0.1, -0.05) is 6.58 Å². The molecule has 3 rings (SSSR count). The Morgan fingerprint density at radius 1 is 1.57 bits per heavy atom. The van der Waals surface area contributed by atoms with E-state index < -0.39 is 41.9 Å². The zero-order chi connectivity index (χ0) is 15.4. The summed E-state index contributed by atoms with van der Waals surface area (Å²) in [4.78, 5) is 25.6. The Morgan fingerprint density at radius 3 is 2.95 bits per heavy atom. The quantitative estimate of drug-likeness (QED) is 0.580. The van der Waals surface area contributed by atoms with E-state index in [9.17, 15) is 19.8 Å². The van der Waals surface area contributed by atoms with Gasteiger partial charge in [0.25, 0.3) is 5.56 Å². The van der Waals surface area contributed by atoms with Crippen LogP contribution in [-0.2, 0) is 9.47 Å². The van der Waals surface area contributed by atoms with Crippen molar-refractivity contribution in [3.05, 3.63) is 44.8 Å². The average Bonchev–Trinajstić information content (AvgIpc) is 2.63. The molecule has 3 N–H and O–H groups in total. The van der Waals surface area contributed by atoms with Crippen LogP contribution in [0.15, 0.2) is 27.9 Å². The molecule has 3 heterocycles. The van der Waals surface area contributed by atoms with E-state index in [4.69, 9.17) is 9.47 Å². The van der Waals surface area contributed by atoms with E-state index in [1.165, 1.54) is 10.8 Å². The molecule has 0 spiro atoms. The van der Waals surface area contributed by atoms with Crippen molar-refractivity contribution in [2.45, 2.75) is 25.0 Å². The molecule has 0 unspecified atom stereocenters. The van der Waals surface area contributed by atoms with Crippen molar-refractivity contribution in [2.75, 3.05) is 13.2 Å². The molecule has 2 aliphatic rings. The van der Waals surface area contributed by atoms with Crippen molar-refractivity contribution in [1.29, 1.82) is 0 Å². The summed E-state index contributed by atoms with van der Waals surface area (Å²) < 4.78 is 12.2. The Morgan fingerprint density at radius 2 is 2.29 bits per heavy atom. The summed E-state index contributed by atoms with van der Waals surface area (Å²) in [5.74, 6) is -2.17. The molecule has 4 atom stereocenters. The van der Waals surface area contributed by atoms with E-state index in [1.807, 2.05) is 0 Å². The smallest absolute Gasteiger partial charge is 0.330 e. The Kier molecular flexibility index (Phi) is 3.14. The van der Waals surface area contributed by atoms with Crippen molar-refractivity contribution in [3.63, 3.8) is 0 Å². The second-order valence-electron chi connectivity index (χ2n) is 5.37. The fraction of sp³-hybridized carbons (Fsp3) is 0.538. The lowest BCUT2D eigenvalue weighted by atomic mass is 9.88. The number of aryl methyl sites for hydroxylation is 1. The van der Waals surface area contributed by atoms with E-state index >= 15 is 0 Å². The summed E-state index contributed by atoms with van der Waals surface area (Å²) in [6, 6.07) is 0. The van der Waals surface area contributed by atoms with Crippen LogP contribution in [0.4, 0.5) is 0 Å². The monoisotopic (exact) mass is 296 g/mol. The van der Waals surface area contributed by atoms with Gasteiger partial charge in [-0.3, -0.25) is 14.3 Å². The third-order valence-electron chi connectivity index (χ3n) is 4.03. The van der Waals surface area contributed by atoms with Crippen LogP contribution in [-0.4, -0.2) is 44.9 Å². The first-order valence-corrected chi connectivity index (χ1v) is 6.50. The number of aromatic nitrogens is 2. The van der Waals surface area contributed by atoms with Gasteiger partial charge in [0.15, 0.2) is 6.23 Å². The van der Waals surface area contributed by atoms with Crippen LogP contribution in [0.2, 0.25) is 0 Å². The van der Waals surface area contributed by atoms with E-state index in [2.05, 4.69) is 11.6 Å². The number of hydrogen-bond donors (Lipinski definition) is 3. The standard InChI is InChI=1S/C13H16N2O6/c1-6-3-15(12(19)14-10(6)18)11-8-7(2)4-20-13(5-16,21-11)9(8)17/h3,8-9,11,16-17H,2,4-5H2,1H3,(H,14,18,19)/t8-,9+,11-,13-/m1/s1. The van der Waals surface area contributed by atoms with Crippen molar-refractivity contribution in [3.8, 4) is 0 Å². The summed E-state index contributed by atoms with van der Waals surface area (Å²) in [6.07, 6.45) is -0.685. The van der Waals surface area contributed by atoms with Gasteiger partial charge in [0.1, 0.15) is 12.7 Å². The Balaban J connectivity index is 2.12. The molecular formula is C13H16N2O6. The predicted octanol–water partition coefficient (Wildman–Crippen LogP) is -1.37. The number of nitrogens with zero attached hydrogens (tertiary/aromatic N) is 1. The van der Waals surface area contributed by atoms with Crippen LogP contribution >= 0.6 is 0 Å². The van der Waals surface area contributed by atoms with Crippen LogP contribution in [0.1, 0.15) is 11.8 Å². The first kappa shape index (κ1) is 14.2. The SMILES string of the molecule is C=C1CO[C@]2(CO)O[C@@H](n3cc(C)c(=O)[nH]c3=O)[C@H]1[C@@H]2O. The molecule has 2 saturated heterocycles. The van der Waals surface area contributed by atoms with Crippen LogP contribution < -0.4 is 11.2 Å². The molecule has 1 aromatic heterocycles. The molecule has 2 bridgehead atoms. The van der Waals surface area contributed by atoms with Crippen molar-refractivity contribution >= 4 is 0 Å². The fourth-order valence-electron chi connectivity index (χ4n) is 2.81. The first-order chi connectivity index (χ1) is 9.89. The van der Waals surface area contributed by atoms with Gasteiger partial charge in [-0.15, -0.1) is 0 Å². The number of hydrogen-bond acceptors (Lipinski definition) is 6. The molecule has 8 heteroatoms. The highest BCUT2D eigenvalue weighted by atomic mass is 16.7. The molecule has 0 radical (unpaired) electrons. The maximum absolute atomic E-state index is 12.0. The maximum atomic E-state index is 12.0. The minimum Gasteiger partial charge on any atom is -0.391 e. The third-order valence-corrected chi connectivity index (χ3v) is 4.03. The lowest BCUT2D eigenvalue weighted by Crippen LogP contribution is -2.51. The summed E-state index contributed by atoms with van der Waals surface area (Å²) in [6.45, 7) is 4.95. The Hall–Kier alpha value is -1.74. The molecule has 2 aliphatic heterocycles. The highest BCUT2D eigenvalue weighted by Gasteiger charge is 2.60. The minimum atomic E-state index is -1.57. The molecule has 0 saturated carbocycles. The van der Waals surface area contributed by atoms with Crippen LogP contribution in [0.5, 0.6) is 0 Å². The number of fused-ring (bicyclic) bond motifs is 2. The number of rotatable bonds is 2. The molecule has 21 heavy (non-hydrogen) atoms. The van der Waals surface area contributed by atoms with Crippen LogP contribution in [0.25, 0.3) is 0 Å². The van der Waals surface area contributed by atoms with Gasteiger partial charge in [-0.2, -0.15) is 0 Å². The van der Waals surface area contributed by atoms with Crippen LogP contribution in [0, 0.1) is 12.8 Å². The van der Waals surface area contributed by atoms with Gasteiger partial charge in [-0.25, -0.2) is 4.79 Å². The van der Waals surface area contributed by atoms with Gasteiger partial charge in [0.05, 0.1) is 12.5 Å². The van der Waals surface area contributed by atoms with Gasteiger partial charge >= 0.3 is 5.69 Å². The van der Waals surface area contributed by atoms with Crippen molar-refractivity contribution < 1.29 is 19.7 Å². The molecule has 0 aromatic carbocycles. The number of aliphatic hydroxyl groups is 2. The van der Waals surface area contributed by atoms with E-state index in [-0.39, 0.29) is 6.61 Å². The molecule has 1 aromatic rings. The number of nitrogens with one attached hydrogen (secondary N) is 1. The Bertz CT molecular complexity index is 707. The first-order valence-electron chi connectivity index (χ1n) is 6.50. The summed E-state index contributed by atoms with van der Waals surface area (Å²) in [5, 5.41) is 19.8. The van der Waals surface area contributed by atoms with Crippen molar-refractivity contribution in [2.24, 2.45) is 5.92 Å². The van der Waals surface area contributed by atoms with Gasteiger partial charge < -0.3 is 19.7 Å². The zero-order valence-corrected chi connectivity index (χ0v) is 11.4. The van der Waals surface area contributed by atoms with Gasteiger partial charge in [-0.05, 0) is 12.5 Å². The minimum absolute atomic E-state index is 0.121. The van der Waals surface area contributed by atoms with Gasteiger partial charge in [0.2, 0.25) is 5.79 Å². The Labute approximate surface area is 119 Å². The highest BCUT2D eigenvalue weighted by molar-refractivity contribution is 5.17. The second kappa shape index (κ2) is 4.63. The second-order valence-corrected chi connectivity index (χ2v) is 5.37. The number of ether oxygens (including phenoxy) is 2. The number of aromatic amines is 1. The lowest BCUT2D eigenvalue weighted by molar-refractivity contribution is -0.280. The molecule has 0 aliphatic carbocycles. The largest absolute Gasteiger partial charge is 0.391 e. The molecule has 0 amide bonds. The highest BCUT2D eigenvalue weighted by Crippen LogP contribution is 2.48. The molecule has 8 nitrogen and oxygen atoms in total. The summed E-state index contributed by atoms with van der Waals surface area (Å²) >= 11 is 0. The van der Waals surface area contributed by atoms with E-state index in [1.54, 1.807) is 6.92 Å². The summed E-state index contributed by atoms with van der Waals surface area (Å²) in [7, 11) is 0. The maximum Gasteiger partial charge on any atom is 0.330 e. The number of H-pyrrole nitrogens is 1. The van der Waals surface area contributed by atoms with Crippen molar-refractivity contribution in [1.82, 2.24) is 9.55 Å². The zero-order valence-electron chi connectivity index (χ0n) is 11.4. The predicted molar refractivity (Wildman–Crippen MR) is 70.6 cm³/mol. The normalized spacial score (nSPS) is 35.2. The van der Waals surface area contributed by atoms with E-state index in [0.717, 1.165) is 0 Å². The lowest BCUT2D eigenvalue weighted by Gasteiger charge is -2.34.